The van der Waals surface area contributed by atoms with Crippen LogP contribution in [0.4, 0.5) is 5.82 Å². The van der Waals surface area contributed by atoms with Crippen LogP contribution in [0.2, 0.25) is 0 Å². The Balaban J connectivity index is 1.64. The molecule has 0 radical (unpaired) electrons. The number of carboxylic acids is 1. The van der Waals surface area contributed by atoms with E-state index in [9.17, 15) is 19.6 Å². The number of hydrogen-bond donors (Lipinski definition) is 1. The zero-order chi connectivity index (χ0) is 30.9. The predicted octanol–water partition coefficient (Wildman–Crippen LogP) is 5.00. The number of nitriles is 1. The second-order valence-electron chi connectivity index (χ2n) is 10.9. The molecular formula is C32H39N5O4S2. The molecule has 0 bridgehead atoms. The highest BCUT2D eigenvalue weighted by Crippen LogP contribution is 2.36. The number of thiocarbonyl (C=S) groups is 1. The van der Waals surface area contributed by atoms with E-state index in [1.165, 1.54) is 17.3 Å². The molecule has 2 fully saturated rings. The fourth-order valence-electron chi connectivity index (χ4n) is 5.51. The number of aromatic nitrogens is 1. The van der Waals surface area contributed by atoms with Crippen LogP contribution < -0.4 is 10.5 Å². The lowest BCUT2D eigenvalue weighted by Crippen LogP contribution is -2.48. The number of unbranched alkanes of at least 4 members (excludes halogenated alkanes) is 3. The van der Waals surface area contributed by atoms with Crippen LogP contribution in [0.1, 0.15) is 67.7 Å². The average Bonchev–Trinajstić information content (AvgIpc) is 3.26. The predicted molar refractivity (Wildman–Crippen MR) is 175 cm³/mol. The van der Waals surface area contributed by atoms with E-state index in [0.717, 1.165) is 38.3 Å². The Morgan fingerprint density at radius 2 is 1.79 bits per heavy atom. The van der Waals surface area contributed by atoms with Crippen molar-refractivity contribution in [2.45, 2.75) is 65.5 Å². The first kappa shape index (κ1) is 32.5. The molecule has 1 amide bonds. The minimum atomic E-state index is -0.825. The quantitative estimate of drug-likeness (QED) is 0.188. The fourth-order valence-corrected chi connectivity index (χ4v) is 6.81. The number of anilines is 1. The highest BCUT2D eigenvalue weighted by Gasteiger charge is 2.33. The minimum Gasteiger partial charge on any atom is -0.481 e. The van der Waals surface area contributed by atoms with E-state index < -0.39 is 5.97 Å². The van der Waals surface area contributed by atoms with Crippen LogP contribution in [0.5, 0.6) is 0 Å². The molecule has 3 heterocycles. The van der Waals surface area contributed by atoms with Crippen molar-refractivity contribution in [1.82, 2.24) is 14.4 Å². The topological polar surface area (TPSA) is 110 Å². The molecule has 2 aliphatic rings. The Morgan fingerprint density at radius 3 is 2.44 bits per heavy atom. The standard InChI is InChI=1S/C32H39N5O4S2/c1-3-4-14-36-29(35-18-16-34(17-19-35)22-24-11-7-5-8-12-24)25(23(2)26(21-33)30(36)40)20-27-31(41)37(32(42)43-27)15-10-6-9-13-28(38)39/h5,7-8,11-12,20H,3-4,6,9-10,13-19,22H2,1-2H3,(H,38,39)/b27-20-. The van der Waals surface area contributed by atoms with Gasteiger partial charge in [-0.25, -0.2) is 0 Å². The summed E-state index contributed by atoms with van der Waals surface area (Å²) >= 11 is 6.78. The van der Waals surface area contributed by atoms with Gasteiger partial charge >= 0.3 is 5.97 Å². The first-order valence-electron chi connectivity index (χ1n) is 14.9. The normalized spacial score (nSPS) is 16.7. The zero-order valence-electron chi connectivity index (χ0n) is 24.9. The molecule has 43 heavy (non-hydrogen) atoms. The Hall–Kier alpha value is -3.46. The summed E-state index contributed by atoms with van der Waals surface area (Å²) in [6.07, 6.45) is 5.51. The van der Waals surface area contributed by atoms with Crippen LogP contribution in [0.15, 0.2) is 40.0 Å². The van der Waals surface area contributed by atoms with Gasteiger partial charge in [0.15, 0.2) is 0 Å². The van der Waals surface area contributed by atoms with Gasteiger partial charge in [0.2, 0.25) is 0 Å². The van der Waals surface area contributed by atoms with Crippen molar-refractivity contribution in [3.05, 3.63) is 67.8 Å². The van der Waals surface area contributed by atoms with E-state index in [0.29, 0.717) is 65.8 Å². The summed E-state index contributed by atoms with van der Waals surface area (Å²) in [6, 6.07) is 12.5. The van der Waals surface area contributed by atoms with Crippen LogP contribution in [-0.4, -0.2) is 68.4 Å². The molecule has 11 heteroatoms. The summed E-state index contributed by atoms with van der Waals surface area (Å²) in [7, 11) is 0. The number of amides is 1. The van der Waals surface area contributed by atoms with E-state index in [1.807, 2.05) is 24.3 Å². The average molecular weight is 622 g/mol. The van der Waals surface area contributed by atoms with Gasteiger partial charge in [0.1, 0.15) is 21.8 Å². The lowest BCUT2D eigenvalue weighted by molar-refractivity contribution is -0.137. The van der Waals surface area contributed by atoms with Gasteiger partial charge in [-0.05, 0) is 43.4 Å². The SMILES string of the molecule is CCCCn1c(N2CCN(Cc3ccccc3)CC2)c(/C=C2\SC(=S)N(CCCCCC(=O)O)C2=O)c(C)c(C#N)c1=O. The summed E-state index contributed by atoms with van der Waals surface area (Å²) in [5.74, 6) is -0.265. The smallest absolute Gasteiger partial charge is 0.303 e. The van der Waals surface area contributed by atoms with Gasteiger partial charge in [-0.2, -0.15) is 5.26 Å². The highest BCUT2D eigenvalue weighted by molar-refractivity contribution is 8.26. The number of benzene rings is 1. The van der Waals surface area contributed by atoms with Gasteiger partial charge in [-0.15, -0.1) is 0 Å². The van der Waals surface area contributed by atoms with Gasteiger partial charge in [0.05, 0.1) is 4.91 Å². The van der Waals surface area contributed by atoms with Crippen molar-refractivity contribution >= 4 is 52.1 Å². The van der Waals surface area contributed by atoms with E-state index in [-0.39, 0.29) is 23.5 Å². The minimum absolute atomic E-state index is 0.0997. The van der Waals surface area contributed by atoms with Crippen LogP contribution >= 0.6 is 24.0 Å². The van der Waals surface area contributed by atoms with Crippen molar-refractivity contribution in [2.24, 2.45) is 0 Å². The van der Waals surface area contributed by atoms with Gasteiger partial charge in [0, 0.05) is 57.8 Å². The molecule has 9 nitrogen and oxygen atoms in total. The number of rotatable bonds is 13. The molecular weight excluding hydrogens is 583 g/mol. The number of hydrogen-bond acceptors (Lipinski definition) is 8. The third-order valence-corrected chi connectivity index (χ3v) is 9.30. The number of nitrogens with zero attached hydrogens (tertiary/aromatic N) is 5. The molecule has 0 aliphatic carbocycles. The lowest BCUT2D eigenvalue weighted by atomic mass is 10.0. The van der Waals surface area contributed by atoms with Crippen molar-refractivity contribution in [3.8, 4) is 6.07 Å². The number of carboxylic acid groups (broad SMARTS) is 1. The van der Waals surface area contributed by atoms with Crippen molar-refractivity contribution < 1.29 is 14.7 Å². The maximum Gasteiger partial charge on any atom is 0.303 e. The number of aliphatic carboxylic acids is 1. The summed E-state index contributed by atoms with van der Waals surface area (Å²) in [4.78, 5) is 44.6. The van der Waals surface area contributed by atoms with Crippen molar-refractivity contribution in [1.29, 1.82) is 5.26 Å². The third-order valence-electron chi connectivity index (χ3n) is 7.92. The number of carbonyl (C=O) groups is 2. The van der Waals surface area contributed by atoms with E-state index in [2.05, 4.69) is 34.9 Å². The van der Waals surface area contributed by atoms with Crippen molar-refractivity contribution in [2.75, 3.05) is 37.6 Å². The highest BCUT2D eigenvalue weighted by atomic mass is 32.2. The molecule has 1 aromatic carbocycles. The first-order valence-corrected chi connectivity index (χ1v) is 16.1. The molecule has 0 atom stereocenters. The number of thioether (sulfide) groups is 1. The molecule has 0 unspecified atom stereocenters. The molecule has 2 saturated heterocycles. The Kier molecular flexibility index (Phi) is 11.6. The Bertz CT molecular complexity index is 1470. The summed E-state index contributed by atoms with van der Waals surface area (Å²) in [5.41, 5.74) is 2.35. The third kappa shape index (κ3) is 7.93. The monoisotopic (exact) mass is 621 g/mol. The van der Waals surface area contributed by atoms with E-state index >= 15 is 0 Å². The van der Waals surface area contributed by atoms with Gasteiger partial charge < -0.3 is 10.0 Å². The maximum absolute atomic E-state index is 13.6. The molecule has 228 valence electrons. The number of pyridine rings is 1. The largest absolute Gasteiger partial charge is 0.481 e. The van der Waals surface area contributed by atoms with Crippen molar-refractivity contribution in [3.63, 3.8) is 0 Å². The van der Waals surface area contributed by atoms with Crippen LogP contribution in [0.3, 0.4) is 0 Å². The summed E-state index contributed by atoms with van der Waals surface area (Å²) < 4.78 is 2.19. The van der Waals surface area contributed by atoms with Crippen LogP contribution in [-0.2, 0) is 22.7 Å². The fraction of sp³-hybridized carbons (Fsp3) is 0.469. The van der Waals surface area contributed by atoms with Crippen LogP contribution in [0.25, 0.3) is 6.08 Å². The molecule has 0 saturated carbocycles. The maximum atomic E-state index is 13.6. The summed E-state index contributed by atoms with van der Waals surface area (Å²) in [6.45, 7) is 8.69. The van der Waals surface area contributed by atoms with Gasteiger partial charge in [-0.3, -0.25) is 28.8 Å². The van der Waals surface area contributed by atoms with Gasteiger partial charge in [-0.1, -0.05) is 74.1 Å². The second kappa shape index (κ2) is 15.3. The second-order valence-corrected chi connectivity index (χ2v) is 12.6. The molecule has 1 N–H and O–H groups in total. The first-order chi connectivity index (χ1) is 20.7. The summed E-state index contributed by atoms with van der Waals surface area (Å²) in [5, 5.41) is 18.9. The molecule has 4 rings (SSSR count). The molecule has 0 spiro atoms. The Morgan fingerprint density at radius 1 is 1.07 bits per heavy atom. The molecule has 1 aromatic heterocycles. The van der Waals surface area contributed by atoms with Gasteiger partial charge in [0.25, 0.3) is 11.5 Å². The lowest BCUT2D eigenvalue weighted by Gasteiger charge is -2.38. The van der Waals surface area contributed by atoms with E-state index in [4.69, 9.17) is 17.3 Å². The molecule has 2 aliphatic heterocycles. The zero-order valence-corrected chi connectivity index (χ0v) is 26.5. The number of carbonyl (C=O) groups excluding carboxylic acids is 1. The van der Waals surface area contributed by atoms with Crippen LogP contribution in [0, 0.1) is 18.3 Å². The number of piperazine rings is 1. The van der Waals surface area contributed by atoms with E-state index in [1.54, 1.807) is 16.4 Å². The molecule has 2 aromatic rings. The Labute approximate surface area is 262 Å².